The average Bonchev–Trinajstić information content (AvgIpc) is 3.02. The van der Waals surface area contributed by atoms with Crippen molar-refractivity contribution in [3.05, 3.63) is 58.6 Å². The largest absolute Gasteiger partial charge is 0.496 e. The number of methoxy groups -OCH3 is 1. The van der Waals surface area contributed by atoms with Crippen LogP contribution in [-0.2, 0) is 16.1 Å². The van der Waals surface area contributed by atoms with E-state index in [9.17, 15) is 9.59 Å². The molecular formula is C19H19BrN2O3. The number of carbonyl (C=O) groups is 2. The van der Waals surface area contributed by atoms with Crippen molar-refractivity contribution in [1.29, 1.82) is 0 Å². The molecule has 1 fully saturated rings. The number of hydrogen-bond donors (Lipinski definition) is 1. The van der Waals surface area contributed by atoms with Crippen LogP contribution in [0.4, 0.5) is 5.69 Å². The van der Waals surface area contributed by atoms with E-state index in [1.165, 1.54) is 0 Å². The van der Waals surface area contributed by atoms with Gasteiger partial charge in [0, 0.05) is 35.2 Å². The van der Waals surface area contributed by atoms with Crippen molar-refractivity contribution < 1.29 is 14.3 Å². The second kappa shape index (κ2) is 7.70. The van der Waals surface area contributed by atoms with E-state index in [2.05, 4.69) is 21.2 Å². The Morgan fingerprint density at radius 1 is 1.24 bits per heavy atom. The molecule has 0 saturated carbocycles. The van der Waals surface area contributed by atoms with Crippen molar-refractivity contribution in [2.24, 2.45) is 5.92 Å². The van der Waals surface area contributed by atoms with Crippen LogP contribution < -0.4 is 15.0 Å². The summed E-state index contributed by atoms with van der Waals surface area (Å²) < 4.78 is 6.24. The Hall–Kier alpha value is -2.34. The first-order chi connectivity index (χ1) is 12.1. The van der Waals surface area contributed by atoms with E-state index < -0.39 is 0 Å². The van der Waals surface area contributed by atoms with Gasteiger partial charge in [0.25, 0.3) is 0 Å². The third-order valence-corrected chi connectivity index (χ3v) is 4.81. The Balaban J connectivity index is 1.62. The van der Waals surface area contributed by atoms with Crippen molar-refractivity contribution in [3.8, 4) is 5.75 Å². The minimum Gasteiger partial charge on any atom is -0.496 e. The minimum atomic E-state index is -0.342. The summed E-state index contributed by atoms with van der Waals surface area (Å²) in [7, 11) is 1.60. The molecule has 6 heteroatoms. The van der Waals surface area contributed by atoms with E-state index in [4.69, 9.17) is 4.74 Å². The lowest BCUT2D eigenvalue weighted by Gasteiger charge is -2.17. The molecule has 0 bridgehead atoms. The number of benzene rings is 2. The van der Waals surface area contributed by atoms with Crippen LogP contribution in [0.1, 0.15) is 12.0 Å². The number of hydrogen-bond acceptors (Lipinski definition) is 3. The van der Waals surface area contributed by atoms with Gasteiger partial charge in [-0.3, -0.25) is 9.59 Å². The van der Waals surface area contributed by atoms with Gasteiger partial charge in [0.05, 0.1) is 13.0 Å². The summed E-state index contributed by atoms with van der Waals surface area (Å²) in [5.74, 6) is 0.256. The number of nitrogens with one attached hydrogen (secondary N) is 1. The molecular weight excluding hydrogens is 384 g/mol. The maximum Gasteiger partial charge on any atom is 0.227 e. The van der Waals surface area contributed by atoms with Crippen LogP contribution in [0, 0.1) is 5.92 Å². The molecule has 2 aromatic rings. The lowest BCUT2D eigenvalue weighted by Crippen LogP contribution is -2.32. The van der Waals surface area contributed by atoms with Crippen LogP contribution in [0.15, 0.2) is 53.0 Å². The SMILES string of the molecule is COc1ccccc1CNC(=O)[C@@H]1CC(=O)N(c2ccc(Br)cc2)C1. The molecule has 0 spiro atoms. The zero-order valence-corrected chi connectivity index (χ0v) is 15.5. The Labute approximate surface area is 155 Å². The summed E-state index contributed by atoms with van der Waals surface area (Å²) >= 11 is 3.38. The fourth-order valence-corrected chi connectivity index (χ4v) is 3.19. The van der Waals surface area contributed by atoms with Crippen molar-refractivity contribution in [1.82, 2.24) is 5.32 Å². The topological polar surface area (TPSA) is 58.6 Å². The molecule has 2 aromatic carbocycles. The molecule has 130 valence electrons. The van der Waals surface area contributed by atoms with Crippen LogP contribution in [0.25, 0.3) is 0 Å². The molecule has 1 heterocycles. The molecule has 0 aliphatic carbocycles. The highest BCUT2D eigenvalue weighted by Gasteiger charge is 2.35. The van der Waals surface area contributed by atoms with Crippen LogP contribution >= 0.6 is 15.9 Å². The molecule has 1 atom stereocenters. The van der Waals surface area contributed by atoms with Crippen molar-refractivity contribution >= 4 is 33.4 Å². The second-order valence-electron chi connectivity index (χ2n) is 5.91. The van der Waals surface area contributed by atoms with Gasteiger partial charge in [-0.2, -0.15) is 0 Å². The number of rotatable bonds is 5. The number of amides is 2. The summed E-state index contributed by atoms with van der Waals surface area (Å²) in [6.45, 7) is 0.782. The molecule has 1 aliphatic heterocycles. The van der Waals surface area contributed by atoms with Gasteiger partial charge in [0.1, 0.15) is 5.75 Å². The first-order valence-corrected chi connectivity index (χ1v) is 8.83. The highest BCUT2D eigenvalue weighted by molar-refractivity contribution is 9.10. The second-order valence-corrected chi connectivity index (χ2v) is 6.83. The lowest BCUT2D eigenvalue weighted by atomic mass is 10.1. The predicted octanol–water partition coefficient (Wildman–Crippen LogP) is 3.13. The molecule has 1 aliphatic rings. The third kappa shape index (κ3) is 4.02. The Bertz CT molecular complexity index is 776. The van der Waals surface area contributed by atoms with Crippen LogP contribution in [-0.4, -0.2) is 25.5 Å². The van der Waals surface area contributed by atoms with Crippen molar-refractivity contribution in [3.63, 3.8) is 0 Å². The average molecular weight is 403 g/mol. The molecule has 0 aromatic heterocycles. The zero-order valence-electron chi connectivity index (χ0n) is 13.9. The third-order valence-electron chi connectivity index (χ3n) is 4.28. The highest BCUT2D eigenvalue weighted by atomic mass is 79.9. The zero-order chi connectivity index (χ0) is 17.8. The summed E-state index contributed by atoms with van der Waals surface area (Å²) in [4.78, 5) is 26.4. The number of nitrogens with zero attached hydrogens (tertiary/aromatic N) is 1. The fourth-order valence-electron chi connectivity index (χ4n) is 2.93. The number of para-hydroxylation sites is 1. The van der Waals surface area contributed by atoms with Crippen LogP contribution in [0.2, 0.25) is 0 Å². The number of anilines is 1. The molecule has 25 heavy (non-hydrogen) atoms. The molecule has 1 saturated heterocycles. The van der Waals surface area contributed by atoms with E-state index in [1.807, 2.05) is 48.5 Å². The molecule has 2 amide bonds. The summed E-state index contributed by atoms with van der Waals surface area (Å²) in [5.41, 5.74) is 1.72. The minimum absolute atomic E-state index is 0.0280. The molecule has 3 rings (SSSR count). The molecule has 5 nitrogen and oxygen atoms in total. The van der Waals surface area contributed by atoms with Crippen molar-refractivity contribution in [2.45, 2.75) is 13.0 Å². The first-order valence-electron chi connectivity index (χ1n) is 8.04. The molecule has 0 unspecified atom stereocenters. The summed E-state index contributed by atoms with van der Waals surface area (Å²) in [6, 6.07) is 15.1. The van der Waals surface area contributed by atoms with E-state index in [0.717, 1.165) is 21.5 Å². The van der Waals surface area contributed by atoms with Gasteiger partial charge >= 0.3 is 0 Å². The van der Waals surface area contributed by atoms with Gasteiger partial charge in [-0.1, -0.05) is 34.1 Å². The smallest absolute Gasteiger partial charge is 0.227 e. The van der Waals surface area contributed by atoms with Gasteiger partial charge in [-0.25, -0.2) is 0 Å². The predicted molar refractivity (Wildman–Crippen MR) is 99.4 cm³/mol. The van der Waals surface area contributed by atoms with Gasteiger partial charge in [-0.05, 0) is 30.3 Å². The number of halogens is 1. The van der Waals surface area contributed by atoms with Crippen LogP contribution in [0.3, 0.4) is 0 Å². The molecule has 1 N–H and O–H groups in total. The fraction of sp³-hybridized carbons (Fsp3) is 0.263. The molecule has 0 radical (unpaired) electrons. The Kier molecular flexibility index (Phi) is 5.38. The van der Waals surface area contributed by atoms with E-state index >= 15 is 0 Å². The van der Waals surface area contributed by atoms with Gasteiger partial charge in [0.2, 0.25) is 11.8 Å². The number of ether oxygens (including phenoxy) is 1. The maximum absolute atomic E-state index is 12.5. The standard InChI is InChI=1S/C19H19BrN2O3/c1-25-17-5-3-2-4-13(17)11-21-19(24)14-10-18(23)22(12-14)16-8-6-15(20)7-9-16/h2-9,14H,10-12H2,1H3,(H,21,24)/t14-/m1/s1. The Morgan fingerprint density at radius 2 is 1.96 bits per heavy atom. The number of carbonyl (C=O) groups excluding carboxylic acids is 2. The van der Waals surface area contributed by atoms with E-state index in [-0.39, 0.29) is 24.2 Å². The monoisotopic (exact) mass is 402 g/mol. The van der Waals surface area contributed by atoms with Crippen LogP contribution in [0.5, 0.6) is 5.75 Å². The summed E-state index contributed by atoms with van der Waals surface area (Å²) in [6.07, 6.45) is 0.230. The van der Waals surface area contributed by atoms with Gasteiger partial charge < -0.3 is 15.0 Å². The normalized spacial score (nSPS) is 16.8. The van der Waals surface area contributed by atoms with Gasteiger partial charge in [0.15, 0.2) is 0 Å². The van der Waals surface area contributed by atoms with Gasteiger partial charge in [-0.15, -0.1) is 0 Å². The van der Waals surface area contributed by atoms with E-state index in [1.54, 1.807) is 12.0 Å². The Morgan fingerprint density at radius 3 is 2.68 bits per heavy atom. The maximum atomic E-state index is 12.5. The highest BCUT2D eigenvalue weighted by Crippen LogP contribution is 2.26. The van der Waals surface area contributed by atoms with E-state index in [0.29, 0.717) is 13.1 Å². The van der Waals surface area contributed by atoms with Crippen molar-refractivity contribution in [2.75, 3.05) is 18.6 Å². The lowest BCUT2D eigenvalue weighted by molar-refractivity contribution is -0.126. The first kappa shape index (κ1) is 17.5. The quantitative estimate of drug-likeness (QED) is 0.835. The summed E-state index contributed by atoms with van der Waals surface area (Å²) in [5, 5.41) is 2.91.